The second-order valence-electron chi connectivity index (χ2n) is 15.2. The van der Waals surface area contributed by atoms with E-state index in [1.165, 1.54) is 193 Å². The summed E-state index contributed by atoms with van der Waals surface area (Å²) in [7, 11) is 0. The largest absolute Gasteiger partial charge is 0.379 e. The minimum Gasteiger partial charge on any atom is -0.379 e. The second kappa shape index (κ2) is 47.1. The van der Waals surface area contributed by atoms with Gasteiger partial charge in [-0.1, -0.05) is 219 Å². The zero-order valence-electron chi connectivity index (χ0n) is 35.5. The van der Waals surface area contributed by atoms with Crippen LogP contribution in [0.15, 0.2) is 0 Å². The van der Waals surface area contributed by atoms with E-state index in [2.05, 4.69) is 26.1 Å². The zero-order valence-corrected chi connectivity index (χ0v) is 38.1. The van der Waals surface area contributed by atoms with Crippen molar-refractivity contribution in [2.45, 2.75) is 219 Å². The van der Waals surface area contributed by atoms with Gasteiger partial charge in [0.25, 0.3) is 0 Å². The molecule has 0 aliphatic heterocycles. The highest BCUT2D eigenvalue weighted by atomic mass is 32.9. The van der Waals surface area contributed by atoms with Crippen LogP contribution in [0.2, 0.25) is 0 Å². The van der Waals surface area contributed by atoms with Gasteiger partial charge in [0, 0.05) is 13.2 Å². The first-order valence-electron chi connectivity index (χ1n) is 23.0. The monoisotopic (exact) mass is 811 g/mol. The van der Waals surface area contributed by atoms with E-state index >= 15 is 0 Å². The molecule has 0 aromatic carbocycles. The first-order chi connectivity index (χ1) is 26.1. The molecule has 0 saturated heterocycles. The van der Waals surface area contributed by atoms with Crippen molar-refractivity contribution in [3.8, 4) is 0 Å². The lowest BCUT2D eigenvalue weighted by atomic mass is 10.0. The third-order valence-electron chi connectivity index (χ3n) is 9.99. The summed E-state index contributed by atoms with van der Waals surface area (Å²) in [6.07, 6.45) is 44.3. The lowest BCUT2D eigenvalue weighted by Gasteiger charge is -2.16. The van der Waals surface area contributed by atoms with Crippen LogP contribution in [0.5, 0.6) is 0 Å². The Labute approximate surface area is 341 Å². The summed E-state index contributed by atoms with van der Waals surface area (Å²) in [5, 5.41) is 0. The predicted octanol–water partition coefficient (Wildman–Crippen LogP) is 14.8. The Hall–Kier alpha value is 0.760. The Bertz CT molecular complexity index is 665. The molecule has 320 valence electrons. The molecule has 0 heterocycles. The maximum absolute atomic E-state index is 5.71. The van der Waals surface area contributed by atoms with Gasteiger partial charge in [-0.25, -0.2) is 0 Å². The van der Waals surface area contributed by atoms with Crippen molar-refractivity contribution >= 4 is 29.7 Å². The minimum absolute atomic E-state index is 0.369. The van der Waals surface area contributed by atoms with Gasteiger partial charge in [-0.15, -0.1) is 0 Å². The summed E-state index contributed by atoms with van der Waals surface area (Å²) in [6.45, 7) is 10.2. The van der Waals surface area contributed by atoms with Gasteiger partial charge < -0.3 is 28.0 Å². The molecule has 0 unspecified atom stereocenters. The number of ether oxygens (including phenoxy) is 4. The van der Waals surface area contributed by atoms with Crippen LogP contribution >= 0.6 is 17.9 Å². The van der Waals surface area contributed by atoms with Gasteiger partial charge in [-0.05, 0) is 24.6 Å². The molecule has 0 atom stereocenters. The van der Waals surface area contributed by atoms with Gasteiger partial charge in [0.05, 0.1) is 52.9 Å². The average Bonchev–Trinajstić information content (AvgIpc) is 3.15. The summed E-state index contributed by atoms with van der Waals surface area (Å²) in [6, 6.07) is 0. The second-order valence-corrected chi connectivity index (χ2v) is 20.5. The molecule has 0 amide bonds. The molecular weight excluding hydrogens is 720 g/mol. The van der Waals surface area contributed by atoms with Crippen LogP contribution in [0, 0.1) is 0 Å². The SMILES string of the molecule is CCCCCCCCCCCCCCCCCCOCCOCCOP(=S)(S)OCCOCCOCCCCCCCCCCCCCCCCCC. The van der Waals surface area contributed by atoms with E-state index in [9.17, 15) is 0 Å². The number of rotatable bonds is 48. The molecule has 0 spiro atoms. The van der Waals surface area contributed by atoms with Crippen molar-refractivity contribution in [3.63, 3.8) is 0 Å². The van der Waals surface area contributed by atoms with Gasteiger partial charge in [-0.3, -0.25) is 0 Å². The molecule has 0 bridgehead atoms. The molecule has 0 fully saturated rings. The van der Waals surface area contributed by atoms with Crippen LogP contribution in [0.25, 0.3) is 0 Å². The number of hydrogen-bond donors (Lipinski definition) is 1. The highest BCUT2D eigenvalue weighted by Gasteiger charge is 2.12. The molecule has 53 heavy (non-hydrogen) atoms. The molecule has 0 aromatic heterocycles. The van der Waals surface area contributed by atoms with E-state index in [-0.39, 0.29) is 0 Å². The van der Waals surface area contributed by atoms with Gasteiger partial charge >= 0.3 is 0 Å². The first-order valence-corrected chi connectivity index (χ1v) is 26.8. The van der Waals surface area contributed by atoms with E-state index in [1.54, 1.807) is 0 Å². The maximum Gasteiger partial charge on any atom is 0.244 e. The Morgan fingerprint density at radius 1 is 0.283 bits per heavy atom. The van der Waals surface area contributed by atoms with Crippen LogP contribution in [0.4, 0.5) is 0 Å². The fourth-order valence-electron chi connectivity index (χ4n) is 6.61. The standard InChI is InChI=1S/C44H91O6PS2/c1-3-5-7-9-11-13-15-17-19-21-23-25-27-29-31-33-35-45-37-39-47-41-43-49-51(52,53)50-44-42-48-40-38-46-36-34-32-30-28-26-24-22-20-18-16-14-12-10-8-6-4-2/h3-44H2,1-2H3,(H,52,53). The summed E-state index contributed by atoms with van der Waals surface area (Å²) in [5.41, 5.74) is -2.58. The highest BCUT2D eigenvalue weighted by molar-refractivity contribution is 8.60. The molecule has 0 rings (SSSR count). The fraction of sp³-hybridized carbons (Fsp3) is 1.00. The van der Waals surface area contributed by atoms with Gasteiger partial charge in [0.15, 0.2) is 0 Å². The Morgan fingerprint density at radius 2 is 0.472 bits per heavy atom. The van der Waals surface area contributed by atoms with Crippen LogP contribution < -0.4 is 0 Å². The molecule has 9 heteroatoms. The minimum atomic E-state index is -2.58. The zero-order chi connectivity index (χ0) is 38.4. The topological polar surface area (TPSA) is 55.4 Å². The van der Waals surface area contributed by atoms with Gasteiger partial charge in [-0.2, -0.15) is 0 Å². The molecule has 0 aliphatic rings. The van der Waals surface area contributed by atoms with Crippen molar-refractivity contribution in [1.82, 2.24) is 0 Å². The quantitative estimate of drug-likeness (QED) is 0.0373. The molecule has 0 saturated carbocycles. The first kappa shape index (κ1) is 53.8. The van der Waals surface area contributed by atoms with Crippen LogP contribution in [-0.4, -0.2) is 66.1 Å². The Kier molecular flexibility index (Phi) is 47.8. The Morgan fingerprint density at radius 3 is 0.717 bits per heavy atom. The van der Waals surface area contributed by atoms with E-state index in [1.807, 2.05) is 0 Å². The van der Waals surface area contributed by atoms with E-state index in [0.29, 0.717) is 52.9 Å². The van der Waals surface area contributed by atoms with Crippen LogP contribution in [0.1, 0.15) is 219 Å². The molecule has 6 nitrogen and oxygen atoms in total. The average molecular weight is 811 g/mol. The summed E-state index contributed by atoms with van der Waals surface area (Å²) < 4.78 is 33.9. The van der Waals surface area contributed by atoms with Gasteiger partial charge in [0.2, 0.25) is 5.69 Å². The van der Waals surface area contributed by atoms with E-state index in [4.69, 9.17) is 39.8 Å². The summed E-state index contributed by atoms with van der Waals surface area (Å²) >= 11 is 9.78. The molecular formula is C44H91O6PS2. The van der Waals surface area contributed by atoms with Crippen LogP contribution in [-0.2, 0) is 39.8 Å². The van der Waals surface area contributed by atoms with Crippen molar-refractivity contribution in [2.24, 2.45) is 0 Å². The normalized spacial score (nSPS) is 12.0. The third-order valence-corrected chi connectivity index (χ3v) is 12.3. The van der Waals surface area contributed by atoms with Crippen molar-refractivity contribution in [2.75, 3.05) is 66.1 Å². The smallest absolute Gasteiger partial charge is 0.244 e. The number of hydrogen-bond acceptors (Lipinski definition) is 7. The van der Waals surface area contributed by atoms with E-state index in [0.717, 1.165) is 26.1 Å². The lowest BCUT2D eigenvalue weighted by Crippen LogP contribution is -2.10. The molecule has 0 aliphatic carbocycles. The highest BCUT2D eigenvalue weighted by Crippen LogP contribution is 2.53. The van der Waals surface area contributed by atoms with E-state index < -0.39 is 5.69 Å². The van der Waals surface area contributed by atoms with Gasteiger partial charge in [0.1, 0.15) is 0 Å². The lowest BCUT2D eigenvalue weighted by molar-refractivity contribution is 0.0297. The van der Waals surface area contributed by atoms with Crippen molar-refractivity contribution in [3.05, 3.63) is 0 Å². The Balaban J connectivity index is 3.24. The van der Waals surface area contributed by atoms with Crippen molar-refractivity contribution in [1.29, 1.82) is 0 Å². The molecule has 0 radical (unpaired) electrons. The summed E-state index contributed by atoms with van der Waals surface area (Å²) in [4.78, 5) is 0. The molecule has 0 N–H and O–H groups in total. The fourth-order valence-corrected chi connectivity index (χ4v) is 8.23. The van der Waals surface area contributed by atoms with Crippen molar-refractivity contribution < 1.29 is 28.0 Å². The summed E-state index contributed by atoms with van der Waals surface area (Å²) in [5.74, 6) is 0. The third kappa shape index (κ3) is 48.8. The number of unbranched alkanes of at least 4 members (excludes halogenated alkanes) is 30. The predicted molar refractivity (Wildman–Crippen MR) is 238 cm³/mol. The maximum atomic E-state index is 5.71. The molecule has 0 aromatic rings. The van der Waals surface area contributed by atoms with Crippen LogP contribution in [0.3, 0.4) is 0 Å². The number of thiol groups is 1.